The second kappa shape index (κ2) is 3.75. The molecule has 1 aromatic heterocycles. The molecule has 1 aromatic rings. The van der Waals surface area contributed by atoms with Crippen LogP contribution in [0.4, 0.5) is 0 Å². The van der Waals surface area contributed by atoms with Crippen molar-refractivity contribution in [3.63, 3.8) is 0 Å². The van der Waals surface area contributed by atoms with E-state index in [1.807, 2.05) is 20.0 Å². The molecule has 0 aliphatic carbocycles. The molecule has 0 bridgehead atoms. The summed E-state index contributed by atoms with van der Waals surface area (Å²) < 4.78 is 1.67. The van der Waals surface area contributed by atoms with Crippen LogP contribution in [0.3, 0.4) is 0 Å². The van der Waals surface area contributed by atoms with Gasteiger partial charge in [0, 0.05) is 19.0 Å². The first-order chi connectivity index (χ1) is 6.07. The third-order valence-corrected chi connectivity index (χ3v) is 1.95. The second-order valence-corrected chi connectivity index (χ2v) is 4.01. The molecule has 0 fully saturated rings. The largest absolute Gasteiger partial charge is 0.396 e. The standard InChI is InChI=1S/C10H16N2O/c1-4-12-7-9(6-11-12)5-10(2,3)8-13/h4,6-7,13H,1,5,8H2,2-3H3. The lowest BCUT2D eigenvalue weighted by molar-refractivity contribution is 0.159. The molecule has 0 atom stereocenters. The van der Waals surface area contributed by atoms with E-state index in [0.29, 0.717) is 0 Å². The van der Waals surface area contributed by atoms with Gasteiger partial charge in [-0.2, -0.15) is 5.10 Å². The Morgan fingerprint density at radius 2 is 2.38 bits per heavy atom. The molecule has 0 aromatic carbocycles. The van der Waals surface area contributed by atoms with Crippen LogP contribution in [0.15, 0.2) is 19.0 Å². The topological polar surface area (TPSA) is 38.0 Å². The first-order valence-electron chi connectivity index (χ1n) is 4.34. The summed E-state index contributed by atoms with van der Waals surface area (Å²) in [5.41, 5.74) is 1.05. The summed E-state index contributed by atoms with van der Waals surface area (Å²) in [4.78, 5) is 0. The molecular weight excluding hydrogens is 164 g/mol. The molecule has 1 N–H and O–H groups in total. The Bertz CT molecular complexity index is 289. The third kappa shape index (κ3) is 2.70. The Labute approximate surface area is 78.7 Å². The first kappa shape index (κ1) is 9.99. The van der Waals surface area contributed by atoms with Crippen molar-refractivity contribution in [3.8, 4) is 0 Å². The summed E-state index contributed by atoms with van der Waals surface area (Å²) in [7, 11) is 0. The highest BCUT2D eigenvalue weighted by Gasteiger charge is 2.17. The number of hydrogen-bond acceptors (Lipinski definition) is 2. The maximum atomic E-state index is 9.07. The van der Waals surface area contributed by atoms with Gasteiger partial charge in [-0.25, -0.2) is 4.68 Å². The Kier molecular flexibility index (Phi) is 2.88. The molecule has 0 spiro atoms. The Morgan fingerprint density at radius 1 is 1.69 bits per heavy atom. The van der Waals surface area contributed by atoms with Crippen LogP contribution >= 0.6 is 0 Å². The fraction of sp³-hybridized carbons (Fsp3) is 0.500. The quantitative estimate of drug-likeness (QED) is 0.763. The van der Waals surface area contributed by atoms with Crippen molar-refractivity contribution in [2.75, 3.05) is 6.61 Å². The highest BCUT2D eigenvalue weighted by atomic mass is 16.3. The van der Waals surface area contributed by atoms with Gasteiger partial charge in [-0.1, -0.05) is 20.4 Å². The molecular formula is C10H16N2O. The lowest BCUT2D eigenvalue weighted by Gasteiger charge is -2.19. The Balaban J connectivity index is 2.69. The average Bonchev–Trinajstić information content (AvgIpc) is 2.52. The molecule has 72 valence electrons. The van der Waals surface area contributed by atoms with Crippen LogP contribution in [0.2, 0.25) is 0 Å². The van der Waals surface area contributed by atoms with Crippen LogP contribution in [0.1, 0.15) is 19.4 Å². The Morgan fingerprint density at radius 3 is 2.85 bits per heavy atom. The SMILES string of the molecule is C=Cn1cc(CC(C)(C)CO)cn1. The number of rotatable bonds is 4. The van der Waals surface area contributed by atoms with Crippen molar-refractivity contribution in [3.05, 3.63) is 24.5 Å². The summed E-state index contributed by atoms with van der Waals surface area (Å²) in [6, 6.07) is 0. The zero-order valence-electron chi connectivity index (χ0n) is 8.20. The van der Waals surface area contributed by atoms with E-state index in [1.54, 1.807) is 17.1 Å². The van der Waals surface area contributed by atoms with Gasteiger partial charge in [0.1, 0.15) is 0 Å². The summed E-state index contributed by atoms with van der Waals surface area (Å²) in [5.74, 6) is 0. The molecule has 1 rings (SSSR count). The number of nitrogens with zero attached hydrogens (tertiary/aromatic N) is 2. The van der Waals surface area contributed by atoms with Crippen molar-refractivity contribution >= 4 is 6.20 Å². The minimum Gasteiger partial charge on any atom is -0.396 e. The van der Waals surface area contributed by atoms with E-state index >= 15 is 0 Å². The number of aliphatic hydroxyl groups is 1. The van der Waals surface area contributed by atoms with E-state index in [2.05, 4.69) is 11.7 Å². The lowest BCUT2D eigenvalue weighted by atomic mass is 9.88. The van der Waals surface area contributed by atoms with Crippen molar-refractivity contribution in [2.45, 2.75) is 20.3 Å². The predicted molar refractivity (Wildman–Crippen MR) is 53.2 cm³/mol. The fourth-order valence-electron chi connectivity index (χ4n) is 1.18. The van der Waals surface area contributed by atoms with Crippen LogP contribution in [0.5, 0.6) is 0 Å². The molecule has 13 heavy (non-hydrogen) atoms. The van der Waals surface area contributed by atoms with Gasteiger partial charge in [0.05, 0.1) is 6.20 Å². The zero-order chi connectivity index (χ0) is 9.90. The van der Waals surface area contributed by atoms with Crippen LogP contribution < -0.4 is 0 Å². The fourth-order valence-corrected chi connectivity index (χ4v) is 1.18. The number of aromatic nitrogens is 2. The van der Waals surface area contributed by atoms with Gasteiger partial charge < -0.3 is 5.11 Å². The van der Waals surface area contributed by atoms with E-state index in [-0.39, 0.29) is 12.0 Å². The van der Waals surface area contributed by atoms with Crippen molar-refractivity contribution in [1.82, 2.24) is 9.78 Å². The smallest absolute Gasteiger partial charge is 0.0526 e. The third-order valence-electron chi connectivity index (χ3n) is 1.95. The molecule has 0 aliphatic rings. The molecule has 0 amide bonds. The molecule has 0 radical (unpaired) electrons. The molecule has 3 heteroatoms. The van der Waals surface area contributed by atoms with E-state index in [0.717, 1.165) is 12.0 Å². The first-order valence-corrected chi connectivity index (χ1v) is 4.34. The van der Waals surface area contributed by atoms with Crippen LogP contribution in [0.25, 0.3) is 6.20 Å². The zero-order valence-corrected chi connectivity index (χ0v) is 8.20. The monoisotopic (exact) mass is 180 g/mol. The molecule has 1 heterocycles. The second-order valence-electron chi connectivity index (χ2n) is 4.01. The van der Waals surface area contributed by atoms with Gasteiger partial charge in [0.2, 0.25) is 0 Å². The van der Waals surface area contributed by atoms with Gasteiger partial charge in [0.15, 0.2) is 0 Å². The van der Waals surface area contributed by atoms with Gasteiger partial charge in [-0.15, -0.1) is 0 Å². The van der Waals surface area contributed by atoms with E-state index in [9.17, 15) is 0 Å². The summed E-state index contributed by atoms with van der Waals surface area (Å²) in [5, 5.41) is 13.1. The normalized spacial score (nSPS) is 11.6. The van der Waals surface area contributed by atoms with Gasteiger partial charge in [0.25, 0.3) is 0 Å². The summed E-state index contributed by atoms with van der Waals surface area (Å²) in [6.07, 6.45) is 6.20. The average molecular weight is 180 g/mol. The van der Waals surface area contributed by atoms with Gasteiger partial charge in [-0.05, 0) is 17.4 Å². The summed E-state index contributed by atoms with van der Waals surface area (Å²) in [6.45, 7) is 7.85. The molecule has 0 saturated carbocycles. The maximum Gasteiger partial charge on any atom is 0.0526 e. The van der Waals surface area contributed by atoms with Crippen molar-refractivity contribution in [2.24, 2.45) is 5.41 Å². The van der Waals surface area contributed by atoms with Crippen LogP contribution in [0, 0.1) is 5.41 Å². The molecule has 3 nitrogen and oxygen atoms in total. The van der Waals surface area contributed by atoms with Crippen molar-refractivity contribution in [1.29, 1.82) is 0 Å². The van der Waals surface area contributed by atoms with E-state index in [4.69, 9.17) is 5.11 Å². The minimum absolute atomic E-state index is 0.0744. The maximum absolute atomic E-state index is 9.07. The van der Waals surface area contributed by atoms with Crippen molar-refractivity contribution < 1.29 is 5.11 Å². The van der Waals surface area contributed by atoms with E-state index < -0.39 is 0 Å². The molecule has 0 saturated heterocycles. The van der Waals surface area contributed by atoms with E-state index in [1.165, 1.54) is 0 Å². The number of aliphatic hydroxyl groups excluding tert-OH is 1. The van der Waals surface area contributed by atoms with Gasteiger partial charge in [-0.3, -0.25) is 0 Å². The summed E-state index contributed by atoms with van der Waals surface area (Å²) >= 11 is 0. The van der Waals surface area contributed by atoms with Crippen LogP contribution in [-0.4, -0.2) is 21.5 Å². The lowest BCUT2D eigenvalue weighted by Crippen LogP contribution is -2.19. The van der Waals surface area contributed by atoms with Crippen LogP contribution in [-0.2, 0) is 6.42 Å². The predicted octanol–water partition coefficient (Wildman–Crippen LogP) is 1.54. The Hall–Kier alpha value is -1.09. The molecule has 0 unspecified atom stereocenters. The number of hydrogen-bond donors (Lipinski definition) is 1. The van der Waals surface area contributed by atoms with Gasteiger partial charge >= 0.3 is 0 Å². The highest BCUT2D eigenvalue weighted by Crippen LogP contribution is 2.20. The molecule has 0 aliphatic heterocycles. The minimum atomic E-state index is -0.0744. The highest BCUT2D eigenvalue weighted by molar-refractivity contribution is 5.18.